The van der Waals surface area contributed by atoms with E-state index in [4.69, 9.17) is 5.11 Å². The number of carboxylic acids is 1. The van der Waals surface area contributed by atoms with E-state index < -0.39 is 19.2 Å². The van der Waals surface area contributed by atoms with Crippen LogP contribution in [0.15, 0.2) is 134 Å². The first-order chi connectivity index (χ1) is 23.6. The van der Waals surface area contributed by atoms with Crippen molar-refractivity contribution in [1.82, 2.24) is 0 Å². The van der Waals surface area contributed by atoms with Crippen molar-refractivity contribution >= 4 is 41.9 Å². The van der Waals surface area contributed by atoms with E-state index in [1.807, 2.05) is 24.3 Å². The van der Waals surface area contributed by atoms with Gasteiger partial charge in [0.15, 0.2) is 5.78 Å². The molecule has 8 heteroatoms. The largest absolute Gasteiger partial charge is 0.677 e. The van der Waals surface area contributed by atoms with Crippen molar-refractivity contribution in [2.24, 2.45) is 0 Å². The molecule has 5 aromatic carbocycles. The molecule has 5 rings (SSSR count). The molecule has 0 fully saturated rings. The molecule has 0 saturated heterocycles. The predicted molar refractivity (Wildman–Crippen MR) is 201 cm³/mol. The molecule has 1 N–H and O–H groups in total. The third-order valence-corrected chi connectivity index (χ3v) is 8.62. The molecule has 0 saturated carbocycles. The summed E-state index contributed by atoms with van der Waals surface area (Å²) in [6, 6.07) is 37.6. The van der Waals surface area contributed by atoms with E-state index in [0.29, 0.717) is 10.4 Å². The highest BCUT2D eigenvalue weighted by molar-refractivity contribution is 6.49. The second-order valence-corrected chi connectivity index (χ2v) is 14.3. The van der Waals surface area contributed by atoms with Gasteiger partial charge in [0.25, 0.3) is 0 Å². The van der Waals surface area contributed by atoms with Crippen LogP contribution in [0, 0.1) is 0 Å². The molecule has 0 heterocycles. The number of allylic oxidation sites excluding steroid dienone is 1. The molecule has 0 aliphatic rings. The monoisotopic (exact) mass is 670 g/mol. The summed E-state index contributed by atoms with van der Waals surface area (Å²) in [5.74, 6) is -1.60. The summed E-state index contributed by atoms with van der Waals surface area (Å²) >= 11 is 0. The lowest BCUT2D eigenvalue weighted by atomic mass is 9.86. The summed E-state index contributed by atoms with van der Waals surface area (Å²) in [5, 5.41) is 9.07. The van der Waals surface area contributed by atoms with Gasteiger partial charge in [0.05, 0.1) is 5.56 Å². The van der Waals surface area contributed by atoms with E-state index in [2.05, 4.69) is 107 Å². The minimum Gasteiger partial charge on any atom is -0.478 e. The highest BCUT2D eigenvalue weighted by atomic mass is 19.2. The maximum absolute atomic E-state index is 13.8. The Morgan fingerprint density at radius 1 is 0.560 bits per heavy atom. The molecule has 0 unspecified atom stereocenters. The Bertz CT molecular complexity index is 1900. The Labute approximate surface area is 293 Å². The number of nitrogens with zero attached hydrogens (tertiary/aromatic N) is 2. The fourth-order valence-electron chi connectivity index (χ4n) is 5.58. The fraction of sp³-hybridized carbons (Fsp3) is 0.190. The van der Waals surface area contributed by atoms with Crippen molar-refractivity contribution in [1.29, 1.82) is 0 Å². The SMILES string of the molecule is CC(C)(C)c1ccc(N(c2ccc(-c3ccc(C(=O)/C=C/N(B(F)F)c4ccc(C(=O)O)cc4)cc3)cc2)c2ccc(C(C)(C)C)cc2)cc1. The minimum atomic E-state index is -2.93. The number of rotatable bonds is 10. The molecule has 5 nitrogen and oxygen atoms in total. The third kappa shape index (κ3) is 8.37. The number of anilines is 4. The molecule has 0 spiro atoms. The smallest absolute Gasteiger partial charge is 0.478 e. The maximum atomic E-state index is 13.8. The Morgan fingerprint density at radius 2 is 0.920 bits per heavy atom. The first-order valence-corrected chi connectivity index (χ1v) is 16.5. The van der Waals surface area contributed by atoms with E-state index in [0.717, 1.165) is 40.5 Å². The van der Waals surface area contributed by atoms with E-state index in [1.54, 1.807) is 12.1 Å². The van der Waals surface area contributed by atoms with E-state index in [-0.39, 0.29) is 22.1 Å². The first-order valence-electron chi connectivity index (χ1n) is 16.5. The van der Waals surface area contributed by atoms with Crippen molar-refractivity contribution in [3.63, 3.8) is 0 Å². The van der Waals surface area contributed by atoms with Gasteiger partial charge < -0.3 is 14.8 Å². The topological polar surface area (TPSA) is 60.9 Å². The quantitative estimate of drug-likeness (QED) is 0.0910. The molecule has 0 atom stereocenters. The molecule has 0 amide bonds. The van der Waals surface area contributed by atoms with Crippen molar-refractivity contribution in [2.75, 3.05) is 9.71 Å². The number of hydrogen-bond acceptors (Lipinski definition) is 4. The molecule has 5 aromatic rings. The lowest BCUT2D eigenvalue weighted by Crippen LogP contribution is -2.27. The Balaban J connectivity index is 1.37. The molecule has 50 heavy (non-hydrogen) atoms. The predicted octanol–water partition coefficient (Wildman–Crippen LogP) is 11.2. The minimum absolute atomic E-state index is 0.0214. The Hall–Kier alpha value is -5.50. The maximum Gasteiger partial charge on any atom is 0.677 e. The van der Waals surface area contributed by atoms with Gasteiger partial charge in [-0.3, -0.25) is 13.4 Å². The van der Waals surface area contributed by atoms with Crippen LogP contribution in [-0.4, -0.2) is 24.3 Å². The van der Waals surface area contributed by atoms with Crippen molar-refractivity contribution in [2.45, 2.75) is 52.4 Å². The van der Waals surface area contributed by atoms with Crippen LogP contribution in [0.2, 0.25) is 0 Å². The van der Waals surface area contributed by atoms with E-state index in [1.165, 1.54) is 35.4 Å². The molecule has 254 valence electrons. The summed E-state index contributed by atoms with van der Waals surface area (Å²) < 4.78 is 27.5. The summed E-state index contributed by atoms with van der Waals surface area (Å²) in [6.07, 6.45) is 2.09. The summed E-state index contributed by atoms with van der Waals surface area (Å²) in [5.41, 5.74) is 7.96. The summed E-state index contributed by atoms with van der Waals surface area (Å²) in [7, 11) is -2.93. The van der Waals surface area contributed by atoms with Gasteiger partial charge in [0, 0.05) is 40.6 Å². The molecule has 0 aliphatic heterocycles. The fourth-order valence-corrected chi connectivity index (χ4v) is 5.58. The van der Waals surface area contributed by atoms with Gasteiger partial charge in [0.1, 0.15) is 0 Å². The number of benzene rings is 5. The molecular formula is C42H41BF2N2O3. The second kappa shape index (κ2) is 14.5. The number of carbonyl (C=O) groups is 2. The highest BCUT2D eigenvalue weighted by Gasteiger charge is 2.24. The van der Waals surface area contributed by atoms with Crippen LogP contribution in [0.4, 0.5) is 31.4 Å². The van der Waals surface area contributed by atoms with Crippen LogP contribution in [0.1, 0.15) is 73.4 Å². The molecular weight excluding hydrogens is 629 g/mol. The van der Waals surface area contributed by atoms with Crippen LogP contribution in [0.25, 0.3) is 11.1 Å². The molecule has 0 bridgehead atoms. The van der Waals surface area contributed by atoms with Crippen molar-refractivity contribution in [3.05, 3.63) is 156 Å². The van der Waals surface area contributed by atoms with Gasteiger partial charge in [-0.15, -0.1) is 0 Å². The zero-order valence-corrected chi connectivity index (χ0v) is 29.2. The number of aromatic carboxylic acids is 1. The van der Waals surface area contributed by atoms with Crippen molar-refractivity contribution < 1.29 is 23.3 Å². The van der Waals surface area contributed by atoms with E-state index in [9.17, 15) is 18.2 Å². The number of ketones is 1. The first kappa shape index (κ1) is 35.8. The lowest BCUT2D eigenvalue weighted by Gasteiger charge is -2.28. The zero-order chi connectivity index (χ0) is 36.2. The summed E-state index contributed by atoms with van der Waals surface area (Å²) in [6.45, 7) is 13.2. The van der Waals surface area contributed by atoms with Crippen molar-refractivity contribution in [3.8, 4) is 11.1 Å². The molecule has 0 radical (unpaired) electrons. The van der Waals surface area contributed by atoms with Gasteiger partial charge >= 0.3 is 13.4 Å². The second-order valence-electron chi connectivity index (χ2n) is 14.3. The average molecular weight is 671 g/mol. The van der Waals surface area contributed by atoms with Crippen LogP contribution in [-0.2, 0) is 10.8 Å². The average Bonchev–Trinajstić information content (AvgIpc) is 3.08. The normalized spacial score (nSPS) is 11.8. The lowest BCUT2D eigenvalue weighted by molar-refractivity contribution is 0.0696. The number of carboxylic acid groups (broad SMARTS) is 1. The Morgan fingerprint density at radius 3 is 1.30 bits per heavy atom. The number of hydrogen-bond donors (Lipinski definition) is 1. The molecule has 0 aromatic heterocycles. The van der Waals surface area contributed by atoms with Gasteiger partial charge in [-0.1, -0.05) is 102 Å². The van der Waals surface area contributed by atoms with Gasteiger partial charge in [0.2, 0.25) is 0 Å². The highest BCUT2D eigenvalue weighted by Crippen LogP contribution is 2.38. The van der Waals surface area contributed by atoms with Crippen LogP contribution >= 0.6 is 0 Å². The molecule has 0 aliphatic carbocycles. The summed E-state index contributed by atoms with van der Waals surface area (Å²) in [4.78, 5) is 26.8. The van der Waals surface area contributed by atoms with Crippen LogP contribution < -0.4 is 9.71 Å². The Kier molecular flexibility index (Phi) is 10.4. The third-order valence-electron chi connectivity index (χ3n) is 8.62. The van der Waals surface area contributed by atoms with Crippen LogP contribution in [0.5, 0.6) is 0 Å². The van der Waals surface area contributed by atoms with E-state index >= 15 is 0 Å². The standard InChI is InChI=1S/C42H41BF2N2O3/c1-41(2,3)33-15-23-37(24-16-33)47(38-25-17-34(18-26-38)42(4,5)6)36-21-11-30(12-22-36)29-7-9-31(10-8-29)39(48)27-28-46(43(44)45)35-19-13-32(14-20-35)40(49)50/h7-28H,1-6H3,(H,49,50)/b28-27+. The van der Waals surface area contributed by atoms with Gasteiger partial charge in [-0.2, -0.15) is 0 Å². The van der Waals surface area contributed by atoms with Crippen LogP contribution in [0.3, 0.4) is 0 Å². The van der Waals surface area contributed by atoms with Gasteiger partial charge in [-0.05, 0) is 93.7 Å². The number of halogens is 2. The zero-order valence-electron chi connectivity index (χ0n) is 29.2. The number of carbonyl (C=O) groups excluding carboxylic acids is 1. The van der Waals surface area contributed by atoms with Gasteiger partial charge in [-0.25, -0.2) is 4.79 Å².